The van der Waals surface area contributed by atoms with Crippen LogP contribution in [0.15, 0.2) is 64.3 Å². The van der Waals surface area contributed by atoms with E-state index in [0.29, 0.717) is 11.4 Å². The van der Waals surface area contributed by atoms with Crippen LogP contribution in [0, 0.1) is 6.92 Å². The molecule has 0 unspecified atom stereocenters. The van der Waals surface area contributed by atoms with Crippen molar-refractivity contribution in [2.45, 2.75) is 30.9 Å². The van der Waals surface area contributed by atoms with Crippen molar-refractivity contribution in [3.8, 4) is 16.9 Å². The normalized spacial score (nSPS) is 11.1. The maximum Gasteiger partial charge on any atom is 0.272 e. The van der Waals surface area contributed by atoms with Crippen LogP contribution >= 0.6 is 11.8 Å². The molecule has 4 rings (SSSR count). The van der Waals surface area contributed by atoms with Crippen LogP contribution in [0.2, 0.25) is 0 Å². The number of fused-ring (bicyclic) bond motifs is 1. The second-order valence-electron chi connectivity index (χ2n) is 6.89. The average molecular weight is 406 g/mol. The monoisotopic (exact) mass is 405 g/mol. The molecule has 1 N–H and O–H groups in total. The molecule has 0 aliphatic carbocycles. The predicted octanol–water partition coefficient (Wildman–Crippen LogP) is 4.86. The SMILES string of the molecule is CCc1[nH]n2c(=O)cc(CSc3ccc(C)cc3)nc2c1-c1ccc(OC)cc1. The Morgan fingerprint density at radius 1 is 1.10 bits per heavy atom. The Labute approximate surface area is 173 Å². The zero-order valence-corrected chi connectivity index (χ0v) is 17.5. The number of nitrogens with zero attached hydrogens (tertiary/aromatic N) is 2. The van der Waals surface area contributed by atoms with Crippen LogP contribution in [0.1, 0.15) is 23.9 Å². The second kappa shape index (κ2) is 8.17. The molecule has 2 aromatic heterocycles. The van der Waals surface area contributed by atoms with Crippen LogP contribution in [0.5, 0.6) is 5.75 Å². The van der Waals surface area contributed by atoms with E-state index in [1.807, 2.05) is 24.3 Å². The fraction of sp³-hybridized carbons (Fsp3) is 0.217. The Balaban J connectivity index is 1.74. The molecule has 2 heterocycles. The molecule has 0 saturated heterocycles. The fourth-order valence-electron chi connectivity index (χ4n) is 3.31. The van der Waals surface area contributed by atoms with Crippen molar-refractivity contribution in [3.63, 3.8) is 0 Å². The van der Waals surface area contributed by atoms with Crippen molar-refractivity contribution in [2.24, 2.45) is 0 Å². The molecular formula is C23H23N3O2S. The first-order valence-corrected chi connectivity index (χ1v) is 10.5. The quantitative estimate of drug-likeness (QED) is 0.465. The summed E-state index contributed by atoms with van der Waals surface area (Å²) in [5.74, 6) is 1.44. The number of rotatable bonds is 6. The minimum Gasteiger partial charge on any atom is -0.497 e. The molecule has 148 valence electrons. The second-order valence-corrected chi connectivity index (χ2v) is 7.94. The average Bonchev–Trinajstić information content (AvgIpc) is 3.12. The highest BCUT2D eigenvalue weighted by molar-refractivity contribution is 7.98. The maximum atomic E-state index is 12.7. The number of aryl methyl sites for hydroxylation is 2. The highest BCUT2D eigenvalue weighted by atomic mass is 32.2. The van der Waals surface area contributed by atoms with Crippen LogP contribution in [-0.4, -0.2) is 21.7 Å². The molecule has 0 atom stereocenters. The summed E-state index contributed by atoms with van der Waals surface area (Å²) in [5, 5.41) is 3.22. The van der Waals surface area contributed by atoms with E-state index in [0.717, 1.165) is 39.6 Å². The Bertz CT molecular complexity index is 1190. The molecule has 0 saturated carbocycles. The summed E-state index contributed by atoms with van der Waals surface area (Å²) in [5.41, 5.74) is 5.55. The van der Waals surface area contributed by atoms with Gasteiger partial charge in [0.2, 0.25) is 0 Å². The third-order valence-corrected chi connectivity index (χ3v) is 5.93. The van der Waals surface area contributed by atoms with Crippen molar-refractivity contribution in [1.29, 1.82) is 0 Å². The van der Waals surface area contributed by atoms with Gasteiger partial charge >= 0.3 is 0 Å². The summed E-state index contributed by atoms with van der Waals surface area (Å²) in [7, 11) is 1.65. The number of methoxy groups -OCH3 is 1. The smallest absolute Gasteiger partial charge is 0.272 e. The third kappa shape index (κ3) is 3.93. The summed E-state index contributed by atoms with van der Waals surface area (Å²) in [6, 6.07) is 17.8. The van der Waals surface area contributed by atoms with Crippen molar-refractivity contribution in [1.82, 2.24) is 14.6 Å². The van der Waals surface area contributed by atoms with Gasteiger partial charge in [-0.25, -0.2) is 9.50 Å². The van der Waals surface area contributed by atoms with Gasteiger partial charge in [0.1, 0.15) is 5.75 Å². The third-order valence-electron chi connectivity index (χ3n) is 4.88. The first kappa shape index (κ1) is 19.3. The Hall–Kier alpha value is -2.99. The molecule has 0 spiro atoms. The summed E-state index contributed by atoms with van der Waals surface area (Å²) in [6.07, 6.45) is 0.775. The van der Waals surface area contributed by atoms with Crippen LogP contribution in [0.3, 0.4) is 0 Å². The number of thioether (sulfide) groups is 1. The standard InChI is InChI=1S/C23H23N3O2S/c1-4-20-22(16-7-9-18(28-3)10-8-16)23-24-17(13-21(27)26(23)25-20)14-29-19-11-5-15(2)6-12-19/h5-13,25H,4,14H2,1-3H3. The zero-order chi connectivity index (χ0) is 20.4. The summed E-state index contributed by atoms with van der Waals surface area (Å²) >= 11 is 1.68. The van der Waals surface area contributed by atoms with Gasteiger partial charge in [-0.2, -0.15) is 0 Å². The van der Waals surface area contributed by atoms with Gasteiger partial charge in [0.15, 0.2) is 5.65 Å². The van der Waals surface area contributed by atoms with E-state index in [-0.39, 0.29) is 5.56 Å². The lowest BCUT2D eigenvalue weighted by Crippen LogP contribution is -2.15. The molecule has 6 heteroatoms. The number of ether oxygens (including phenoxy) is 1. The summed E-state index contributed by atoms with van der Waals surface area (Å²) in [4.78, 5) is 18.7. The zero-order valence-electron chi connectivity index (χ0n) is 16.7. The molecule has 2 aromatic carbocycles. The number of aromatic nitrogens is 3. The van der Waals surface area contributed by atoms with E-state index in [4.69, 9.17) is 9.72 Å². The summed E-state index contributed by atoms with van der Waals surface area (Å²) < 4.78 is 6.81. The van der Waals surface area contributed by atoms with Crippen LogP contribution in [-0.2, 0) is 12.2 Å². The first-order chi connectivity index (χ1) is 14.1. The highest BCUT2D eigenvalue weighted by Crippen LogP contribution is 2.30. The van der Waals surface area contributed by atoms with Crippen molar-refractivity contribution in [3.05, 3.63) is 81.9 Å². The topological polar surface area (TPSA) is 59.4 Å². The number of nitrogens with one attached hydrogen (secondary N) is 1. The van der Waals surface area contributed by atoms with Gasteiger partial charge in [-0.1, -0.05) is 36.8 Å². The highest BCUT2D eigenvalue weighted by Gasteiger charge is 2.16. The largest absolute Gasteiger partial charge is 0.497 e. The summed E-state index contributed by atoms with van der Waals surface area (Å²) in [6.45, 7) is 4.14. The fourth-order valence-corrected chi connectivity index (χ4v) is 4.10. The minimum absolute atomic E-state index is 0.0935. The molecule has 0 aliphatic heterocycles. The van der Waals surface area contributed by atoms with Gasteiger partial charge in [-0.15, -0.1) is 11.8 Å². The van der Waals surface area contributed by atoms with Gasteiger partial charge in [-0.05, 0) is 43.2 Å². The van der Waals surface area contributed by atoms with E-state index >= 15 is 0 Å². The van der Waals surface area contributed by atoms with Gasteiger partial charge < -0.3 is 4.74 Å². The van der Waals surface area contributed by atoms with Gasteiger partial charge in [0.05, 0.1) is 12.8 Å². The Morgan fingerprint density at radius 3 is 2.48 bits per heavy atom. The molecule has 5 nitrogen and oxygen atoms in total. The predicted molar refractivity (Wildman–Crippen MR) is 118 cm³/mol. The Morgan fingerprint density at radius 2 is 1.83 bits per heavy atom. The van der Waals surface area contributed by atoms with Gasteiger partial charge in [0, 0.05) is 28.0 Å². The molecule has 4 aromatic rings. The molecule has 0 bridgehead atoms. The molecule has 0 radical (unpaired) electrons. The van der Waals surface area contributed by atoms with E-state index in [2.05, 4.69) is 43.2 Å². The van der Waals surface area contributed by atoms with Gasteiger partial charge in [0.25, 0.3) is 5.56 Å². The van der Waals surface area contributed by atoms with E-state index in [1.54, 1.807) is 29.5 Å². The number of aromatic amines is 1. The van der Waals surface area contributed by atoms with Crippen LogP contribution in [0.25, 0.3) is 16.8 Å². The first-order valence-electron chi connectivity index (χ1n) is 9.56. The van der Waals surface area contributed by atoms with Crippen molar-refractivity contribution < 1.29 is 4.74 Å². The molecular weight excluding hydrogens is 382 g/mol. The number of hydrogen-bond acceptors (Lipinski definition) is 4. The molecule has 0 fully saturated rings. The minimum atomic E-state index is -0.0935. The van der Waals surface area contributed by atoms with E-state index in [9.17, 15) is 4.79 Å². The van der Waals surface area contributed by atoms with Crippen LogP contribution in [0.4, 0.5) is 0 Å². The van der Waals surface area contributed by atoms with E-state index in [1.165, 1.54) is 5.56 Å². The lowest BCUT2D eigenvalue weighted by molar-refractivity contribution is 0.415. The molecule has 29 heavy (non-hydrogen) atoms. The number of hydrogen-bond donors (Lipinski definition) is 1. The lowest BCUT2D eigenvalue weighted by atomic mass is 10.0. The van der Waals surface area contributed by atoms with E-state index < -0.39 is 0 Å². The van der Waals surface area contributed by atoms with Crippen molar-refractivity contribution >= 4 is 17.4 Å². The number of H-pyrrole nitrogens is 1. The van der Waals surface area contributed by atoms with Crippen LogP contribution < -0.4 is 10.3 Å². The maximum absolute atomic E-state index is 12.7. The van der Waals surface area contributed by atoms with Gasteiger partial charge in [-0.3, -0.25) is 9.89 Å². The molecule has 0 amide bonds. The lowest BCUT2D eigenvalue weighted by Gasteiger charge is -2.06. The Kier molecular flexibility index (Phi) is 5.45. The number of benzene rings is 2. The molecule has 0 aliphatic rings. The van der Waals surface area contributed by atoms with Crippen molar-refractivity contribution in [2.75, 3.05) is 7.11 Å².